The number of fused-ring (bicyclic) bond motifs is 1. The Labute approximate surface area is 147 Å². The number of aliphatic hydroxyl groups excluding tert-OH is 1. The molecule has 2 aromatic heterocycles. The number of hydrogen-bond acceptors (Lipinski definition) is 5. The lowest BCUT2D eigenvalue weighted by atomic mass is 9.90. The largest absolute Gasteiger partial charge is 0.464 e. The van der Waals surface area contributed by atoms with Gasteiger partial charge in [0.15, 0.2) is 0 Å². The summed E-state index contributed by atoms with van der Waals surface area (Å²) >= 11 is 0. The van der Waals surface area contributed by atoms with Crippen LogP contribution in [0.25, 0.3) is 22.2 Å². The van der Waals surface area contributed by atoms with Gasteiger partial charge in [-0.3, -0.25) is 0 Å². The number of likely N-dealkylation sites (tertiary alicyclic amines) is 1. The molecule has 3 heterocycles. The molecule has 1 fully saturated rings. The van der Waals surface area contributed by atoms with Crippen molar-refractivity contribution in [1.29, 1.82) is 0 Å². The molecule has 2 unspecified atom stereocenters. The van der Waals surface area contributed by atoms with Crippen molar-refractivity contribution in [2.24, 2.45) is 5.92 Å². The van der Waals surface area contributed by atoms with Gasteiger partial charge in [0, 0.05) is 23.4 Å². The Balaban J connectivity index is 1.61. The molecule has 0 amide bonds. The van der Waals surface area contributed by atoms with Crippen LogP contribution in [-0.2, 0) is 0 Å². The lowest BCUT2D eigenvalue weighted by Gasteiger charge is -2.32. The summed E-state index contributed by atoms with van der Waals surface area (Å²) < 4.78 is 5.39. The smallest absolute Gasteiger partial charge is 0.133 e. The second-order valence-corrected chi connectivity index (χ2v) is 7.08. The Morgan fingerprint density at radius 1 is 1.24 bits per heavy atom. The third-order valence-corrected chi connectivity index (χ3v) is 5.14. The zero-order chi connectivity index (χ0) is 17.4. The quantitative estimate of drug-likeness (QED) is 0.791. The zero-order valence-corrected chi connectivity index (χ0v) is 14.6. The van der Waals surface area contributed by atoms with Gasteiger partial charge in [-0.25, -0.2) is 0 Å². The van der Waals surface area contributed by atoms with Gasteiger partial charge in [-0.05, 0) is 69.3 Å². The molecule has 1 N–H and O–H groups in total. The summed E-state index contributed by atoms with van der Waals surface area (Å²) in [4.78, 5) is 2.27. The second kappa shape index (κ2) is 6.58. The Hall–Kier alpha value is -2.24. The Morgan fingerprint density at radius 2 is 2.12 bits per heavy atom. The van der Waals surface area contributed by atoms with Crippen LogP contribution in [-0.4, -0.2) is 40.3 Å². The number of aliphatic hydroxyl groups is 1. The Morgan fingerprint density at radius 3 is 2.92 bits per heavy atom. The standard InChI is InChI=1S/C20H23N3O2/c1-13-10-17(20(24)16-4-3-8-23(2)12-16)21-22-19(13)15-5-6-18-14(11-15)7-9-25-18/h5-7,9-11,16,20,24H,3-4,8,12H2,1-2H3. The minimum atomic E-state index is -0.556. The molecule has 0 saturated carbocycles. The fraction of sp³-hybridized carbons (Fsp3) is 0.400. The van der Waals surface area contributed by atoms with Crippen LogP contribution in [0.4, 0.5) is 0 Å². The predicted octanol–water partition coefficient (Wildman–Crippen LogP) is 3.57. The van der Waals surface area contributed by atoms with E-state index >= 15 is 0 Å². The summed E-state index contributed by atoms with van der Waals surface area (Å²) in [6, 6.07) is 9.92. The van der Waals surface area contributed by atoms with Crippen LogP contribution in [0.1, 0.15) is 30.2 Å². The Bertz CT molecular complexity index is 890. The first kappa shape index (κ1) is 16.2. The summed E-state index contributed by atoms with van der Waals surface area (Å²) in [5.74, 6) is 0.223. The first-order valence-electron chi connectivity index (χ1n) is 8.80. The van der Waals surface area contributed by atoms with Crippen LogP contribution >= 0.6 is 0 Å². The molecule has 130 valence electrons. The van der Waals surface area contributed by atoms with Crippen molar-refractivity contribution >= 4 is 11.0 Å². The van der Waals surface area contributed by atoms with E-state index in [2.05, 4.69) is 28.2 Å². The molecule has 0 aliphatic carbocycles. The van der Waals surface area contributed by atoms with Gasteiger partial charge in [0.1, 0.15) is 11.7 Å². The van der Waals surface area contributed by atoms with Crippen molar-refractivity contribution in [3.8, 4) is 11.3 Å². The molecule has 1 aliphatic heterocycles. The van der Waals surface area contributed by atoms with E-state index in [-0.39, 0.29) is 5.92 Å². The van der Waals surface area contributed by atoms with Gasteiger partial charge in [0.05, 0.1) is 17.7 Å². The average molecular weight is 337 g/mol. The molecule has 4 rings (SSSR count). The normalized spacial score (nSPS) is 20.0. The van der Waals surface area contributed by atoms with Crippen molar-refractivity contribution in [3.63, 3.8) is 0 Å². The summed E-state index contributed by atoms with van der Waals surface area (Å²) in [5, 5.41) is 20.5. The van der Waals surface area contributed by atoms with Gasteiger partial charge < -0.3 is 14.4 Å². The first-order chi connectivity index (χ1) is 12.1. The van der Waals surface area contributed by atoms with E-state index < -0.39 is 6.10 Å². The molecule has 0 radical (unpaired) electrons. The molecular weight excluding hydrogens is 314 g/mol. The van der Waals surface area contributed by atoms with Crippen molar-refractivity contribution in [3.05, 3.63) is 47.9 Å². The van der Waals surface area contributed by atoms with Crippen LogP contribution in [0.3, 0.4) is 0 Å². The zero-order valence-electron chi connectivity index (χ0n) is 14.6. The first-order valence-corrected chi connectivity index (χ1v) is 8.80. The summed E-state index contributed by atoms with van der Waals surface area (Å²) in [5.41, 5.74) is 4.42. The average Bonchev–Trinajstić information content (AvgIpc) is 3.08. The highest BCUT2D eigenvalue weighted by atomic mass is 16.3. The summed E-state index contributed by atoms with van der Waals surface area (Å²) in [6.07, 6.45) is 3.28. The molecule has 1 saturated heterocycles. The maximum Gasteiger partial charge on any atom is 0.133 e. The van der Waals surface area contributed by atoms with E-state index in [1.807, 2.05) is 31.2 Å². The van der Waals surface area contributed by atoms with Gasteiger partial charge in [-0.1, -0.05) is 0 Å². The molecule has 25 heavy (non-hydrogen) atoms. The van der Waals surface area contributed by atoms with Crippen molar-refractivity contribution in [2.45, 2.75) is 25.9 Å². The number of benzene rings is 1. The van der Waals surface area contributed by atoms with Crippen LogP contribution in [0, 0.1) is 12.8 Å². The summed E-state index contributed by atoms with van der Waals surface area (Å²) in [7, 11) is 2.10. The van der Waals surface area contributed by atoms with E-state index in [4.69, 9.17) is 4.42 Å². The van der Waals surface area contributed by atoms with Gasteiger partial charge in [-0.2, -0.15) is 5.10 Å². The number of aromatic nitrogens is 2. The maximum atomic E-state index is 10.7. The number of aryl methyl sites for hydroxylation is 1. The fourth-order valence-electron chi connectivity index (χ4n) is 3.76. The number of rotatable bonds is 3. The van der Waals surface area contributed by atoms with Crippen molar-refractivity contribution in [2.75, 3.05) is 20.1 Å². The van der Waals surface area contributed by atoms with Crippen molar-refractivity contribution in [1.82, 2.24) is 15.1 Å². The predicted molar refractivity (Wildman–Crippen MR) is 97.2 cm³/mol. The molecule has 1 aliphatic rings. The number of hydrogen-bond donors (Lipinski definition) is 1. The fourth-order valence-corrected chi connectivity index (χ4v) is 3.76. The van der Waals surface area contributed by atoms with Crippen molar-refractivity contribution < 1.29 is 9.52 Å². The minimum absolute atomic E-state index is 0.223. The SMILES string of the molecule is Cc1cc(C(O)C2CCCN(C)C2)nnc1-c1ccc2occc2c1. The van der Waals surface area contributed by atoms with Crippen LogP contribution in [0.15, 0.2) is 41.0 Å². The summed E-state index contributed by atoms with van der Waals surface area (Å²) in [6.45, 7) is 4.02. The van der Waals surface area contributed by atoms with Crippen LogP contribution in [0.5, 0.6) is 0 Å². The number of piperidine rings is 1. The minimum Gasteiger partial charge on any atom is -0.464 e. The second-order valence-electron chi connectivity index (χ2n) is 7.08. The van der Waals surface area contributed by atoms with E-state index in [0.717, 1.165) is 53.7 Å². The Kier molecular flexibility index (Phi) is 4.27. The van der Waals surface area contributed by atoms with E-state index in [1.165, 1.54) is 0 Å². The topological polar surface area (TPSA) is 62.4 Å². The molecule has 0 spiro atoms. The third kappa shape index (κ3) is 3.17. The van der Waals surface area contributed by atoms with E-state index in [0.29, 0.717) is 5.69 Å². The molecule has 3 aromatic rings. The van der Waals surface area contributed by atoms with Crippen LogP contribution < -0.4 is 0 Å². The van der Waals surface area contributed by atoms with Gasteiger partial charge >= 0.3 is 0 Å². The number of furan rings is 1. The third-order valence-electron chi connectivity index (χ3n) is 5.14. The van der Waals surface area contributed by atoms with Crippen LogP contribution in [0.2, 0.25) is 0 Å². The highest BCUT2D eigenvalue weighted by Crippen LogP contribution is 2.31. The molecule has 5 nitrogen and oxygen atoms in total. The van der Waals surface area contributed by atoms with E-state index in [1.54, 1.807) is 6.26 Å². The maximum absolute atomic E-state index is 10.7. The molecule has 2 atom stereocenters. The van der Waals surface area contributed by atoms with Gasteiger partial charge in [0.2, 0.25) is 0 Å². The number of nitrogens with zero attached hydrogens (tertiary/aromatic N) is 3. The molecular formula is C20H23N3O2. The van der Waals surface area contributed by atoms with Gasteiger partial charge in [0.25, 0.3) is 0 Å². The monoisotopic (exact) mass is 337 g/mol. The molecule has 1 aromatic carbocycles. The highest BCUT2D eigenvalue weighted by molar-refractivity contribution is 5.83. The molecule has 5 heteroatoms. The lowest BCUT2D eigenvalue weighted by molar-refractivity contribution is 0.0556. The van der Waals surface area contributed by atoms with E-state index in [9.17, 15) is 5.11 Å². The van der Waals surface area contributed by atoms with Gasteiger partial charge in [-0.15, -0.1) is 5.10 Å². The highest BCUT2D eigenvalue weighted by Gasteiger charge is 2.27. The lowest BCUT2D eigenvalue weighted by Crippen LogP contribution is -2.35. The molecule has 0 bridgehead atoms.